The smallest absolute Gasteiger partial charge is 0.0635 e. The van der Waals surface area contributed by atoms with Crippen molar-refractivity contribution < 1.29 is 0 Å². The Morgan fingerprint density at radius 1 is 0.812 bits per heavy atom. The van der Waals surface area contributed by atoms with E-state index < -0.39 is 0 Å². The molecule has 1 rings (SSSR count). The Morgan fingerprint density at radius 3 is 1.50 bits per heavy atom. The molecule has 0 aliphatic heterocycles. The van der Waals surface area contributed by atoms with Crippen LogP contribution in [0.3, 0.4) is 0 Å². The minimum absolute atomic E-state index is 0.586. The van der Waals surface area contributed by atoms with Crippen molar-refractivity contribution in [1.29, 1.82) is 10.5 Å². The standard InChI is InChI=1S/C12H20N4/c13-7-1-9-15-11-3-5-12(6-4-11)16-10-2-8-14/h11-12,15-16H,1-6,9-10H2. The lowest BCUT2D eigenvalue weighted by Crippen LogP contribution is -2.40. The number of hydrogen-bond acceptors (Lipinski definition) is 4. The van der Waals surface area contributed by atoms with Gasteiger partial charge in [-0.2, -0.15) is 10.5 Å². The molecule has 0 aromatic rings. The maximum absolute atomic E-state index is 8.43. The van der Waals surface area contributed by atoms with Crippen LogP contribution < -0.4 is 10.6 Å². The molecule has 1 aliphatic rings. The molecule has 16 heavy (non-hydrogen) atoms. The van der Waals surface area contributed by atoms with E-state index >= 15 is 0 Å². The molecule has 4 heteroatoms. The highest BCUT2D eigenvalue weighted by Crippen LogP contribution is 2.18. The minimum Gasteiger partial charge on any atom is -0.313 e. The highest BCUT2D eigenvalue weighted by molar-refractivity contribution is 4.83. The summed E-state index contributed by atoms with van der Waals surface area (Å²) >= 11 is 0. The summed E-state index contributed by atoms with van der Waals surface area (Å²) < 4.78 is 0. The maximum Gasteiger partial charge on any atom is 0.0635 e. The maximum atomic E-state index is 8.43. The quantitative estimate of drug-likeness (QED) is 0.662. The number of hydrogen-bond donors (Lipinski definition) is 2. The van der Waals surface area contributed by atoms with Crippen LogP contribution in [0.1, 0.15) is 38.5 Å². The third kappa shape index (κ3) is 5.11. The van der Waals surface area contributed by atoms with Gasteiger partial charge in [0, 0.05) is 38.0 Å². The summed E-state index contributed by atoms with van der Waals surface area (Å²) in [4.78, 5) is 0. The Balaban J connectivity index is 2.05. The van der Waals surface area contributed by atoms with E-state index in [1.54, 1.807) is 0 Å². The highest BCUT2D eigenvalue weighted by atomic mass is 14.9. The Hall–Kier alpha value is -1.10. The van der Waals surface area contributed by atoms with E-state index in [0.717, 1.165) is 13.1 Å². The fraction of sp³-hybridized carbons (Fsp3) is 0.833. The van der Waals surface area contributed by atoms with Crippen molar-refractivity contribution in [3.63, 3.8) is 0 Å². The molecule has 0 aromatic heterocycles. The Labute approximate surface area is 97.6 Å². The van der Waals surface area contributed by atoms with E-state index in [9.17, 15) is 0 Å². The van der Waals surface area contributed by atoms with Gasteiger partial charge in [-0.25, -0.2) is 0 Å². The normalized spacial score (nSPS) is 24.6. The molecule has 0 spiro atoms. The predicted molar refractivity (Wildman–Crippen MR) is 62.5 cm³/mol. The van der Waals surface area contributed by atoms with Crippen LogP contribution >= 0.6 is 0 Å². The second kappa shape index (κ2) is 8.10. The van der Waals surface area contributed by atoms with E-state index in [4.69, 9.17) is 10.5 Å². The van der Waals surface area contributed by atoms with Crippen LogP contribution in [0.25, 0.3) is 0 Å². The Bertz CT molecular complexity index is 227. The Morgan fingerprint density at radius 2 is 1.19 bits per heavy atom. The van der Waals surface area contributed by atoms with Crippen LogP contribution in [-0.4, -0.2) is 25.2 Å². The summed E-state index contributed by atoms with van der Waals surface area (Å²) in [6.45, 7) is 1.63. The van der Waals surface area contributed by atoms with Gasteiger partial charge in [-0.3, -0.25) is 0 Å². The van der Waals surface area contributed by atoms with Gasteiger partial charge in [0.2, 0.25) is 0 Å². The molecule has 1 fully saturated rings. The van der Waals surface area contributed by atoms with Crippen molar-refractivity contribution in [3.8, 4) is 12.1 Å². The number of rotatable bonds is 6. The first-order valence-corrected chi connectivity index (χ1v) is 6.07. The van der Waals surface area contributed by atoms with Crippen LogP contribution in [0.5, 0.6) is 0 Å². The molecule has 0 aromatic carbocycles. The largest absolute Gasteiger partial charge is 0.313 e. The summed E-state index contributed by atoms with van der Waals surface area (Å²) in [5.74, 6) is 0. The van der Waals surface area contributed by atoms with Gasteiger partial charge in [0.25, 0.3) is 0 Å². The van der Waals surface area contributed by atoms with E-state index in [1.807, 2.05) is 0 Å². The average Bonchev–Trinajstić information content (AvgIpc) is 2.32. The predicted octanol–water partition coefficient (Wildman–Crippen LogP) is 1.30. The van der Waals surface area contributed by atoms with Crippen molar-refractivity contribution in [2.45, 2.75) is 50.6 Å². The number of nitrogens with one attached hydrogen (secondary N) is 2. The SMILES string of the molecule is N#CCCNC1CCC(NCCC#N)CC1. The van der Waals surface area contributed by atoms with Gasteiger partial charge in [-0.05, 0) is 25.7 Å². The monoisotopic (exact) mass is 220 g/mol. The van der Waals surface area contributed by atoms with Gasteiger partial charge >= 0.3 is 0 Å². The fourth-order valence-corrected chi connectivity index (χ4v) is 2.17. The summed E-state index contributed by atoms with van der Waals surface area (Å²) in [6.07, 6.45) is 5.90. The van der Waals surface area contributed by atoms with E-state index in [2.05, 4.69) is 22.8 Å². The van der Waals surface area contributed by atoms with Crippen LogP contribution in [0.4, 0.5) is 0 Å². The first kappa shape index (κ1) is 13.0. The topological polar surface area (TPSA) is 71.6 Å². The van der Waals surface area contributed by atoms with Gasteiger partial charge < -0.3 is 10.6 Å². The summed E-state index contributed by atoms with van der Waals surface area (Å²) in [6, 6.07) is 5.46. The molecule has 0 heterocycles. The van der Waals surface area contributed by atoms with Crippen LogP contribution in [-0.2, 0) is 0 Å². The summed E-state index contributed by atoms with van der Waals surface area (Å²) in [5, 5.41) is 23.7. The molecule has 1 saturated carbocycles. The molecular weight excluding hydrogens is 200 g/mol. The molecular formula is C12H20N4. The zero-order valence-corrected chi connectivity index (χ0v) is 9.71. The fourth-order valence-electron chi connectivity index (χ4n) is 2.17. The second-order valence-corrected chi connectivity index (χ2v) is 4.27. The first-order valence-electron chi connectivity index (χ1n) is 6.07. The van der Waals surface area contributed by atoms with E-state index in [-0.39, 0.29) is 0 Å². The van der Waals surface area contributed by atoms with Gasteiger partial charge in [0.1, 0.15) is 0 Å². The molecule has 88 valence electrons. The van der Waals surface area contributed by atoms with E-state index in [0.29, 0.717) is 24.9 Å². The third-order valence-electron chi connectivity index (χ3n) is 3.07. The van der Waals surface area contributed by atoms with Crippen molar-refractivity contribution in [3.05, 3.63) is 0 Å². The lowest BCUT2D eigenvalue weighted by molar-refractivity contribution is 0.311. The molecule has 0 saturated heterocycles. The van der Waals surface area contributed by atoms with Crippen molar-refractivity contribution >= 4 is 0 Å². The lowest BCUT2D eigenvalue weighted by Gasteiger charge is -2.29. The van der Waals surface area contributed by atoms with Crippen molar-refractivity contribution in [2.24, 2.45) is 0 Å². The summed E-state index contributed by atoms with van der Waals surface area (Å²) in [7, 11) is 0. The van der Waals surface area contributed by atoms with Crippen LogP contribution in [0.15, 0.2) is 0 Å². The van der Waals surface area contributed by atoms with Crippen molar-refractivity contribution in [1.82, 2.24) is 10.6 Å². The zero-order valence-electron chi connectivity index (χ0n) is 9.71. The zero-order chi connectivity index (χ0) is 11.6. The van der Waals surface area contributed by atoms with Gasteiger partial charge in [-0.15, -0.1) is 0 Å². The molecule has 0 unspecified atom stereocenters. The van der Waals surface area contributed by atoms with Gasteiger partial charge in [0.05, 0.1) is 12.1 Å². The van der Waals surface area contributed by atoms with Crippen molar-refractivity contribution in [2.75, 3.05) is 13.1 Å². The molecule has 0 atom stereocenters. The number of nitrogens with zero attached hydrogens (tertiary/aromatic N) is 2. The Kier molecular flexibility index (Phi) is 6.56. The molecule has 0 radical (unpaired) electrons. The van der Waals surface area contributed by atoms with Gasteiger partial charge in [0.15, 0.2) is 0 Å². The molecule has 0 bridgehead atoms. The number of nitriles is 2. The van der Waals surface area contributed by atoms with Crippen LogP contribution in [0, 0.1) is 22.7 Å². The highest BCUT2D eigenvalue weighted by Gasteiger charge is 2.19. The molecule has 0 amide bonds. The molecule has 2 N–H and O–H groups in total. The minimum atomic E-state index is 0.586. The first-order chi connectivity index (χ1) is 7.86. The van der Waals surface area contributed by atoms with Crippen LogP contribution in [0.2, 0.25) is 0 Å². The molecule has 1 aliphatic carbocycles. The average molecular weight is 220 g/mol. The van der Waals surface area contributed by atoms with E-state index in [1.165, 1.54) is 25.7 Å². The molecule has 4 nitrogen and oxygen atoms in total. The third-order valence-corrected chi connectivity index (χ3v) is 3.07. The lowest BCUT2D eigenvalue weighted by atomic mass is 9.91. The van der Waals surface area contributed by atoms with Gasteiger partial charge in [-0.1, -0.05) is 0 Å². The summed E-state index contributed by atoms with van der Waals surface area (Å²) in [5.41, 5.74) is 0. The second-order valence-electron chi connectivity index (χ2n) is 4.27.